The van der Waals surface area contributed by atoms with Gasteiger partial charge >= 0.3 is 5.97 Å². The molecule has 1 unspecified atom stereocenters. The SMILES string of the molecule is O=C(O)C1OCCC1(F)F. The zero-order valence-corrected chi connectivity index (χ0v) is 5.01. The summed E-state index contributed by atoms with van der Waals surface area (Å²) in [6.07, 6.45) is -2.43. The molecule has 10 heavy (non-hydrogen) atoms. The van der Waals surface area contributed by atoms with E-state index in [1.54, 1.807) is 0 Å². The number of aliphatic carboxylic acids is 1. The number of hydrogen-bond acceptors (Lipinski definition) is 2. The van der Waals surface area contributed by atoms with Crippen LogP contribution < -0.4 is 0 Å². The lowest BCUT2D eigenvalue weighted by molar-refractivity contribution is -0.161. The highest BCUT2D eigenvalue weighted by atomic mass is 19.3. The maximum atomic E-state index is 12.4. The van der Waals surface area contributed by atoms with E-state index in [1.807, 2.05) is 0 Å². The van der Waals surface area contributed by atoms with Crippen LogP contribution in [0.3, 0.4) is 0 Å². The molecule has 0 aromatic rings. The van der Waals surface area contributed by atoms with Gasteiger partial charge in [-0.15, -0.1) is 0 Å². The van der Waals surface area contributed by atoms with Crippen LogP contribution in [-0.4, -0.2) is 29.7 Å². The van der Waals surface area contributed by atoms with Crippen molar-refractivity contribution >= 4 is 5.97 Å². The van der Waals surface area contributed by atoms with Crippen LogP contribution in [0.2, 0.25) is 0 Å². The fourth-order valence-electron chi connectivity index (χ4n) is 0.818. The molecule has 1 saturated heterocycles. The van der Waals surface area contributed by atoms with E-state index < -0.39 is 24.4 Å². The fourth-order valence-corrected chi connectivity index (χ4v) is 0.818. The van der Waals surface area contributed by atoms with E-state index in [-0.39, 0.29) is 6.61 Å². The van der Waals surface area contributed by atoms with E-state index in [0.29, 0.717) is 0 Å². The van der Waals surface area contributed by atoms with Crippen LogP contribution in [0, 0.1) is 0 Å². The van der Waals surface area contributed by atoms with E-state index in [2.05, 4.69) is 4.74 Å². The van der Waals surface area contributed by atoms with E-state index in [0.717, 1.165) is 0 Å². The number of halogens is 2. The first-order valence-corrected chi connectivity index (χ1v) is 2.76. The van der Waals surface area contributed by atoms with Gasteiger partial charge in [0.25, 0.3) is 5.92 Å². The van der Waals surface area contributed by atoms with Crippen molar-refractivity contribution in [2.45, 2.75) is 18.4 Å². The predicted molar refractivity (Wildman–Crippen MR) is 26.9 cm³/mol. The van der Waals surface area contributed by atoms with Gasteiger partial charge in [0.1, 0.15) is 0 Å². The number of hydrogen-bond donors (Lipinski definition) is 1. The summed E-state index contributed by atoms with van der Waals surface area (Å²) in [4.78, 5) is 10.0. The van der Waals surface area contributed by atoms with Gasteiger partial charge in [-0.05, 0) is 0 Å². The van der Waals surface area contributed by atoms with Gasteiger partial charge in [0.2, 0.25) is 6.10 Å². The number of carbonyl (C=O) groups is 1. The van der Waals surface area contributed by atoms with Crippen LogP contribution in [0.5, 0.6) is 0 Å². The third-order valence-corrected chi connectivity index (χ3v) is 1.33. The number of carboxylic acid groups (broad SMARTS) is 1. The topological polar surface area (TPSA) is 46.5 Å². The molecular weight excluding hydrogens is 146 g/mol. The minimum atomic E-state index is -3.19. The van der Waals surface area contributed by atoms with E-state index in [1.165, 1.54) is 0 Å². The predicted octanol–water partition coefficient (Wildman–Crippen LogP) is 0.495. The highest BCUT2D eigenvalue weighted by Crippen LogP contribution is 2.31. The highest BCUT2D eigenvalue weighted by Gasteiger charge is 2.49. The Morgan fingerprint density at radius 2 is 2.30 bits per heavy atom. The molecule has 1 aliphatic rings. The highest BCUT2D eigenvalue weighted by molar-refractivity contribution is 5.74. The average Bonchev–Trinajstić information content (AvgIpc) is 2.08. The third kappa shape index (κ3) is 1.09. The molecule has 1 heterocycles. The van der Waals surface area contributed by atoms with E-state index in [4.69, 9.17) is 5.11 Å². The first kappa shape index (κ1) is 7.40. The number of rotatable bonds is 1. The second-order valence-corrected chi connectivity index (χ2v) is 2.10. The van der Waals surface area contributed by atoms with Crippen molar-refractivity contribution in [1.29, 1.82) is 0 Å². The Morgan fingerprint density at radius 1 is 1.70 bits per heavy atom. The Morgan fingerprint density at radius 3 is 2.50 bits per heavy atom. The van der Waals surface area contributed by atoms with E-state index >= 15 is 0 Å². The summed E-state index contributed by atoms with van der Waals surface area (Å²) in [5.74, 6) is -4.78. The molecular formula is C5H6F2O3. The van der Waals surface area contributed by atoms with Gasteiger partial charge in [-0.2, -0.15) is 0 Å². The van der Waals surface area contributed by atoms with Crippen molar-refractivity contribution in [2.24, 2.45) is 0 Å². The molecule has 58 valence electrons. The van der Waals surface area contributed by atoms with Crippen molar-refractivity contribution in [3.8, 4) is 0 Å². The molecule has 1 aliphatic heterocycles. The minimum absolute atomic E-state index is 0.177. The molecule has 3 nitrogen and oxygen atoms in total. The van der Waals surface area contributed by atoms with Crippen molar-refractivity contribution in [1.82, 2.24) is 0 Å². The normalized spacial score (nSPS) is 30.4. The second-order valence-electron chi connectivity index (χ2n) is 2.10. The van der Waals surface area contributed by atoms with Gasteiger partial charge in [-0.25, -0.2) is 13.6 Å². The zero-order valence-electron chi connectivity index (χ0n) is 5.01. The van der Waals surface area contributed by atoms with E-state index in [9.17, 15) is 13.6 Å². The Hall–Kier alpha value is -0.710. The quantitative estimate of drug-likeness (QED) is 0.594. The lowest BCUT2D eigenvalue weighted by Gasteiger charge is -2.11. The molecule has 0 aliphatic carbocycles. The Labute approximate surface area is 55.6 Å². The van der Waals surface area contributed by atoms with Crippen LogP contribution >= 0.6 is 0 Å². The average molecular weight is 152 g/mol. The summed E-state index contributed by atoms with van der Waals surface area (Å²) in [5.41, 5.74) is 0. The van der Waals surface area contributed by atoms with Crippen molar-refractivity contribution in [3.05, 3.63) is 0 Å². The van der Waals surface area contributed by atoms with Gasteiger partial charge in [0, 0.05) is 6.42 Å². The summed E-state index contributed by atoms with van der Waals surface area (Å²) in [6.45, 7) is -0.177. The monoisotopic (exact) mass is 152 g/mol. The molecule has 0 amide bonds. The molecule has 0 spiro atoms. The van der Waals surface area contributed by atoms with Crippen LogP contribution in [0.4, 0.5) is 8.78 Å². The lowest BCUT2D eigenvalue weighted by Crippen LogP contribution is -2.35. The maximum absolute atomic E-state index is 12.4. The zero-order chi connectivity index (χ0) is 7.78. The van der Waals surface area contributed by atoms with Crippen molar-refractivity contribution in [2.75, 3.05) is 6.61 Å². The molecule has 0 radical (unpaired) electrons. The van der Waals surface area contributed by atoms with Crippen molar-refractivity contribution < 1.29 is 23.4 Å². The summed E-state index contributed by atoms with van der Waals surface area (Å²) in [6, 6.07) is 0. The molecule has 1 atom stereocenters. The third-order valence-electron chi connectivity index (χ3n) is 1.33. The molecule has 0 aromatic heterocycles. The van der Waals surface area contributed by atoms with Gasteiger partial charge in [-0.1, -0.05) is 0 Å². The Kier molecular flexibility index (Phi) is 1.60. The molecule has 1 fully saturated rings. The largest absolute Gasteiger partial charge is 0.479 e. The first-order valence-electron chi connectivity index (χ1n) is 2.76. The standard InChI is InChI=1S/C5H6F2O3/c6-5(7)1-2-10-3(5)4(8)9/h3H,1-2H2,(H,8,9). The Bertz CT molecular complexity index is 157. The van der Waals surface area contributed by atoms with Crippen LogP contribution in [-0.2, 0) is 9.53 Å². The number of ether oxygens (including phenoxy) is 1. The first-order chi connectivity index (χ1) is 4.54. The second kappa shape index (κ2) is 2.16. The van der Waals surface area contributed by atoms with Gasteiger partial charge in [-0.3, -0.25) is 0 Å². The molecule has 0 saturated carbocycles. The molecule has 5 heteroatoms. The summed E-state index contributed by atoms with van der Waals surface area (Å²) < 4.78 is 29.0. The molecule has 1 rings (SSSR count). The summed E-state index contributed by atoms with van der Waals surface area (Å²) in [5, 5.41) is 8.14. The molecule has 0 bridgehead atoms. The lowest BCUT2D eigenvalue weighted by atomic mass is 10.2. The van der Waals surface area contributed by atoms with Gasteiger partial charge in [0.15, 0.2) is 0 Å². The molecule has 0 aromatic carbocycles. The number of carboxylic acids is 1. The summed E-state index contributed by atoms with van der Waals surface area (Å²) >= 11 is 0. The maximum Gasteiger partial charge on any atom is 0.339 e. The smallest absolute Gasteiger partial charge is 0.339 e. The summed E-state index contributed by atoms with van der Waals surface area (Å²) in [7, 11) is 0. The number of alkyl halides is 2. The van der Waals surface area contributed by atoms with Gasteiger partial charge in [0.05, 0.1) is 6.61 Å². The van der Waals surface area contributed by atoms with Crippen LogP contribution in [0.25, 0.3) is 0 Å². The molecule has 1 N–H and O–H groups in total. The van der Waals surface area contributed by atoms with Gasteiger partial charge < -0.3 is 9.84 Å². The van der Waals surface area contributed by atoms with Crippen LogP contribution in [0.15, 0.2) is 0 Å². The fraction of sp³-hybridized carbons (Fsp3) is 0.800. The minimum Gasteiger partial charge on any atom is -0.479 e. The Balaban J connectivity index is 2.68. The van der Waals surface area contributed by atoms with Crippen LogP contribution in [0.1, 0.15) is 6.42 Å². The van der Waals surface area contributed by atoms with Crippen molar-refractivity contribution in [3.63, 3.8) is 0 Å².